The molecule has 0 radical (unpaired) electrons. The number of likely N-dealkylation sites (tertiary alicyclic amines) is 1. The Hall–Kier alpha value is -1.00. The maximum Gasteiger partial charge on any atom is 0.127 e. The molecule has 0 bridgehead atoms. The molecule has 1 heterocycles. The number of nitrogens with zero attached hydrogens (tertiary/aromatic N) is 1. The summed E-state index contributed by atoms with van der Waals surface area (Å²) in [4.78, 5) is 2.09. The monoisotopic (exact) mass is 240 g/mol. The van der Waals surface area contributed by atoms with Gasteiger partial charge in [-0.15, -0.1) is 0 Å². The molecule has 1 fully saturated rings. The Morgan fingerprint density at radius 3 is 2.88 bits per heavy atom. The zero-order chi connectivity index (χ0) is 12.4. The van der Waals surface area contributed by atoms with Gasteiger partial charge in [0.1, 0.15) is 11.6 Å². The second-order valence-electron chi connectivity index (χ2n) is 4.90. The van der Waals surface area contributed by atoms with E-state index in [0.717, 1.165) is 25.6 Å². The second-order valence-corrected chi connectivity index (χ2v) is 4.90. The molecule has 2 nitrogen and oxygen atoms in total. The van der Waals surface area contributed by atoms with Gasteiger partial charge in [0, 0.05) is 24.7 Å². The van der Waals surface area contributed by atoms with Crippen molar-refractivity contribution in [2.24, 2.45) is 11.7 Å². The first-order valence-corrected chi connectivity index (χ1v) is 5.98. The minimum Gasteiger partial charge on any atom is -0.326 e. The average Bonchev–Trinajstić information content (AvgIpc) is 2.29. The van der Waals surface area contributed by atoms with E-state index in [0.29, 0.717) is 18.0 Å². The van der Waals surface area contributed by atoms with Crippen LogP contribution in [0.4, 0.5) is 8.78 Å². The molecule has 0 saturated carbocycles. The SMILES string of the molecule is CC1CCN(Cc2cc(F)ccc2F)CC1N. The van der Waals surface area contributed by atoms with Crippen LogP contribution < -0.4 is 5.73 Å². The van der Waals surface area contributed by atoms with Crippen molar-refractivity contribution in [3.63, 3.8) is 0 Å². The third-order valence-corrected chi connectivity index (χ3v) is 3.50. The van der Waals surface area contributed by atoms with E-state index in [2.05, 4.69) is 11.8 Å². The van der Waals surface area contributed by atoms with Gasteiger partial charge in [-0.3, -0.25) is 4.90 Å². The summed E-state index contributed by atoms with van der Waals surface area (Å²) >= 11 is 0. The standard InChI is InChI=1S/C13H18F2N2/c1-9-4-5-17(8-13(9)16)7-10-6-11(14)2-3-12(10)15/h2-3,6,9,13H,4-5,7-8,16H2,1H3. The van der Waals surface area contributed by atoms with E-state index >= 15 is 0 Å². The van der Waals surface area contributed by atoms with Crippen molar-refractivity contribution in [3.8, 4) is 0 Å². The van der Waals surface area contributed by atoms with E-state index in [1.165, 1.54) is 12.1 Å². The summed E-state index contributed by atoms with van der Waals surface area (Å²) in [6.45, 7) is 4.21. The van der Waals surface area contributed by atoms with Crippen LogP contribution in [0.25, 0.3) is 0 Å². The lowest BCUT2D eigenvalue weighted by molar-refractivity contribution is 0.160. The van der Waals surface area contributed by atoms with Gasteiger partial charge in [-0.05, 0) is 37.1 Å². The maximum atomic E-state index is 13.5. The number of benzene rings is 1. The van der Waals surface area contributed by atoms with Gasteiger partial charge in [-0.25, -0.2) is 8.78 Å². The van der Waals surface area contributed by atoms with E-state index in [1.54, 1.807) is 0 Å². The molecular formula is C13H18F2N2. The summed E-state index contributed by atoms with van der Waals surface area (Å²) in [7, 11) is 0. The molecule has 1 saturated heterocycles. The highest BCUT2D eigenvalue weighted by atomic mass is 19.1. The van der Waals surface area contributed by atoms with Gasteiger partial charge in [0.15, 0.2) is 0 Å². The van der Waals surface area contributed by atoms with Crippen LogP contribution in [0, 0.1) is 17.6 Å². The van der Waals surface area contributed by atoms with Gasteiger partial charge in [-0.1, -0.05) is 6.92 Å². The molecule has 0 amide bonds. The van der Waals surface area contributed by atoms with Gasteiger partial charge >= 0.3 is 0 Å². The Labute approximate surface area is 100 Å². The van der Waals surface area contributed by atoms with Crippen molar-refractivity contribution >= 4 is 0 Å². The molecule has 4 heteroatoms. The molecule has 2 N–H and O–H groups in total. The lowest BCUT2D eigenvalue weighted by Crippen LogP contribution is -2.47. The van der Waals surface area contributed by atoms with Crippen molar-refractivity contribution in [2.75, 3.05) is 13.1 Å². The van der Waals surface area contributed by atoms with Crippen LogP contribution in [-0.2, 0) is 6.54 Å². The lowest BCUT2D eigenvalue weighted by atomic mass is 9.94. The molecule has 2 rings (SSSR count). The Kier molecular flexibility index (Phi) is 3.74. The van der Waals surface area contributed by atoms with Crippen LogP contribution in [0.2, 0.25) is 0 Å². The zero-order valence-corrected chi connectivity index (χ0v) is 10.00. The van der Waals surface area contributed by atoms with Crippen molar-refractivity contribution in [2.45, 2.75) is 25.9 Å². The second kappa shape index (κ2) is 5.10. The van der Waals surface area contributed by atoms with Crippen LogP contribution in [-0.4, -0.2) is 24.0 Å². The first-order chi connectivity index (χ1) is 8.06. The van der Waals surface area contributed by atoms with Gasteiger partial charge in [-0.2, -0.15) is 0 Å². The molecule has 2 unspecified atom stereocenters. The molecule has 2 atom stereocenters. The molecular weight excluding hydrogens is 222 g/mol. The quantitative estimate of drug-likeness (QED) is 0.858. The smallest absolute Gasteiger partial charge is 0.127 e. The Morgan fingerprint density at radius 1 is 1.41 bits per heavy atom. The van der Waals surface area contributed by atoms with Crippen LogP contribution in [0.15, 0.2) is 18.2 Å². The fraction of sp³-hybridized carbons (Fsp3) is 0.538. The average molecular weight is 240 g/mol. The number of hydrogen-bond donors (Lipinski definition) is 1. The summed E-state index contributed by atoms with van der Waals surface area (Å²) < 4.78 is 26.5. The normalized spacial score (nSPS) is 26.1. The topological polar surface area (TPSA) is 29.3 Å². The summed E-state index contributed by atoms with van der Waals surface area (Å²) in [6.07, 6.45) is 1.01. The number of rotatable bonds is 2. The highest BCUT2D eigenvalue weighted by Gasteiger charge is 2.23. The number of hydrogen-bond acceptors (Lipinski definition) is 2. The lowest BCUT2D eigenvalue weighted by Gasteiger charge is -2.35. The van der Waals surface area contributed by atoms with Crippen LogP contribution in [0.3, 0.4) is 0 Å². The van der Waals surface area contributed by atoms with Crippen molar-refractivity contribution in [1.82, 2.24) is 4.90 Å². The van der Waals surface area contributed by atoms with E-state index in [4.69, 9.17) is 5.73 Å². The van der Waals surface area contributed by atoms with Crippen LogP contribution >= 0.6 is 0 Å². The van der Waals surface area contributed by atoms with E-state index in [-0.39, 0.29) is 11.9 Å². The largest absolute Gasteiger partial charge is 0.326 e. The molecule has 1 aromatic rings. The van der Waals surface area contributed by atoms with Gasteiger partial charge < -0.3 is 5.73 Å². The minimum atomic E-state index is -0.393. The fourth-order valence-corrected chi connectivity index (χ4v) is 2.22. The van der Waals surface area contributed by atoms with Gasteiger partial charge in [0.2, 0.25) is 0 Å². The highest BCUT2D eigenvalue weighted by Crippen LogP contribution is 2.19. The van der Waals surface area contributed by atoms with E-state index in [1.807, 2.05) is 0 Å². The predicted molar refractivity (Wildman–Crippen MR) is 63.4 cm³/mol. The van der Waals surface area contributed by atoms with Crippen molar-refractivity contribution in [1.29, 1.82) is 0 Å². The Balaban J connectivity index is 2.03. The van der Waals surface area contributed by atoms with E-state index in [9.17, 15) is 8.78 Å². The molecule has 0 aromatic heterocycles. The number of halogens is 2. The van der Waals surface area contributed by atoms with Crippen molar-refractivity contribution < 1.29 is 8.78 Å². The van der Waals surface area contributed by atoms with Crippen LogP contribution in [0.5, 0.6) is 0 Å². The molecule has 94 valence electrons. The van der Waals surface area contributed by atoms with Crippen molar-refractivity contribution in [3.05, 3.63) is 35.4 Å². The third kappa shape index (κ3) is 3.01. The zero-order valence-electron chi connectivity index (χ0n) is 10.00. The van der Waals surface area contributed by atoms with Gasteiger partial charge in [0.05, 0.1) is 0 Å². The molecule has 1 aliphatic heterocycles. The maximum absolute atomic E-state index is 13.5. The van der Waals surface area contributed by atoms with Crippen LogP contribution in [0.1, 0.15) is 18.9 Å². The Morgan fingerprint density at radius 2 is 2.18 bits per heavy atom. The third-order valence-electron chi connectivity index (χ3n) is 3.50. The fourth-order valence-electron chi connectivity index (χ4n) is 2.22. The predicted octanol–water partition coefficient (Wildman–Crippen LogP) is 2.13. The molecule has 1 aromatic carbocycles. The number of nitrogens with two attached hydrogens (primary N) is 1. The molecule has 0 aliphatic carbocycles. The minimum absolute atomic E-state index is 0.125. The highest BCUT2D eigenvalue weighted by molar-refractivity contribution is 5.18. The molecule has 1 aliphatic rings. The molecule has 0 spiro atoms. The van der Waals surface area contributed by atoms with E-state index < -0.39 is 5.82 Å². The number of piperidine rings is 1. The summed E-state index contributed by atoms with van der Waals surface area (Å²) in [5.41, 5.74) is 6.39. The first-order valence-electron chi connectivity index (χ1n) is 5.98. The Bertz CT molecular complexity index is 395. The summed E-state index contributed by atoms with van der Waals surface area (Å²) in [5, 5.41) is 0. The van der Waals surface area contributed by atoms with Gasteiger partial charge in [0.25, 0.3) is 0 Å². The first kappa shape index (κ1) is 12.5. The summed E-state index contributed by atoms with van der Waals surface area (Å²) in [5.74, 6) is -0.238. The summed E-state index contributed by atoms with van der Waals surface area (Å²) in [6, 6.07) is 3.71. The molecule has 17 heavy (non-hydrogen) atoms.